The Morgan fingerprint density at radius 1 is 1.05 bits per heavy atom. The fraction of sp³-hybridized carbons (Fsp3) is 0.118. The third-order valence-corrected chi connectivity index (χ3v) is 4.43. The van der Waals surface area contributed by atoms with Crippen molar-refractivity contribution in [3.8, 4) is 0 Å². The number of allylic oxidation sites excluding steroid dienone is 1. The molecule has 2 nitrogen and oxygen atoms in total. The van der Waals surface area contributed by atoms with Crippen molar-refractivity contribution in [1.29, 1.82) is 0 Å². The highest BCUT2D eigenvalue weighted by Gasteiger charge is 2.22. The molecule has 1 heterocycles. The Morgan fingerprint density at radius 3 is 2.48 bits per heavy atom. The Balaban J connectivity index is 1.76. The summed E-state index contributed by atoms with van der Waals surface area (Å²) in [5.41, 5.74) is 1.92. The molecule has 0 aliphatic carbocycles. The summed E-state index contributed by atoms with van der Waals surface area (Å²) in [4.78, 5) is 11.9. The molecule has 1 N–H and O–H groups in total. The number of halogens is 1. The lowest BCUT2D eigenvalue weighted by Gasteiger charge is -2.22. The smallest absolute Gasteiger partial charge is 0.159 e. The van der Waals surface area contributed by atoms with Crippen LogP contribution in [0.3, 0.4) is 0 Å². The summed E-state index contributed by atoms with van der Waals surface area (Å²) in [6.07, 6.45) is 2.12. The average Bonchev–Trinajstić information content (AvgIpc) is 2.50. The molecule has 1 aliphatic rings. The van der Waals surface area contributed by atoms with Crippen molar-refractivity contribution in [2.75, 3.05) is 5.32 Å². The lowest BCUT2D eigenvalue weighted by Crippen LogP contribution is -2.12. The molecule has 0 saturated heterocycles. The van der Waals surface area contributed by atoms with Crippen LogP contribution in [0.5, 0.6) is 0 Å². The maximum atomic E-state index is 12.9. The number of anilines is 1. The van der Waals surface area contributed by atoms with Crippen molar-refractivity contribution >= 4 is 23.2 Å². The molecule has 21 heavy (non-hydrogen) atoms. The van der Waals surface area contributed by atoms with Gasteiger partial charge < -0.3 is 5.32 Å². The standard InChI is InChI=1S/C17H14FNOS/c18-13-6-8-14(9-7-13)19-17-11-15(20)10-16(21-17)12-4-2-1-3-5-12/h1-9,11,16,19H,10H2. The van der Waals surface area contributed by atoms with E-state index in [9.17, 15) is 9.18 Å². The summed E-state index contributed by atoms with van der Waals surface area (Å²) >= 11 is 1.62. The third kappa shape index (κ3) is 3.52. The van der Waals surface area contributed by atoms with Gasteiger partial charge >= 0.3 is 0 Å². The molecule has 1 unspecified atom stereocenters. The van der Waals surface area contributed by atoms with Crippen LogP contribution >= 0.6 is 11.8 Å². The summed E-state index contributed by atoms with van der Waals surface area (Å²) in [6.45, 7) is 0. The van der Waals surface area contributed by atoms with Gasteiger partial charge in [-0.1, -0.05) is 42.1 Å². The van der Waals surface area contributed by atoms with Crippen molar-refractivity contribution in [2.24, 2.45) is 0 Å². The summed E-state index contributed by atoms with van der Waals surface area (Å²) < 4.78 is 12.9. The lowest BCUT2D eigenvalue weighted by atomic mass is 10.1. The Morgan fingerprint density at radius 2 is 1.76 bits per heavy atom. The number of ketones is 1. The van der Waals surface area contributed by atoms with E-state index < -0.39 is 0 Å². The summed E-state index contributed by atoms with van der Waals surface area (Å²) in [6, 6.07) is 16.1. The summed E-state index contributed by atoms with van der Waals surface area (Å²) in [5, 5.41) is 4.09. The van der Waals surface area contributed by atoms with Crippen LogP contribution < -0.4 is 5.32 Å². The van der Waals surface area contributed by atoms with Crippen LogP contribution in [0.25, 0.3) is 0 Å². The highest BCUT2D eigenvalue weighted by Crippen LogP contribution is 2.40. The molecule has 0 fully saturated rings. The fourth-order valence-electron chi connectivity index (χ4n) is 2.21. The first-order valence-corrected chi connectivity index (χ1v) is 7.57. The monoisotopic (exact) mass is 299 g/mol. The van der Waals surface area contributed by atoms with E-state index in [0.29, 0.717) is 6.42 Å². The number of thioether (sulfide) groups is 1. The molecule has 0 radical (unpaired) electrons. The first kappa shape index (κ1) is 13.9. The second-order valence-corrected chi connectivity index (χ2v) is 6.07. The number of hydrogen-bond acceptors (Lipinski definition) is 3. The second kappa shape index (κ2) is 6.14. The molecule has 4 heteroatoms. The summed E-state index contributed by atoms with van der Waals surface area (Å²) in [5.74, 6) is -0.170. The fourth-order valence-corrected chi connectivity index (χ4v) is 3.44. The first-order chi connectivity index (χ1) is 10.2. The van der Waals surface area contributed by atoms with Gasteiger partial charge in [0.15, 0.2) is 5.78 Å². The SMILES string of the molecule is O=C1C=C(Nc2ccc(F)cc2)SC(c2ccccc2)C1. The van der Waals surface area contributed by atoms with Crippen molar-refractivity contribution in [3.63, 3.8) is 0 Å². The van der Waals surface area contributed by atoms with Gasteiger partial charge in [0.2, 0.25) is 0 Å². The predicted octanol–water partition coefficient (Wildman–Crippen LogP) is 4.53. The van der Waals surface area contributed by atoms with E-state index >= 15 is 0 Å². The van der Waals surface area contributed by atoms with Crippen LogP contribution in [0.15, 0.2) is 65.7 Å². The minimum absolute atomic E-state index is 0.104. The van der Waals surface area contributed by atoms with E-state index in [1.807, 2.05) is 30.3 Å². The van der Waals surface area contributed by atoms with Gasteiger partial charge in [0.1, 0.15) is 5.82 Å². The molecule has 0 aromatic heterocycles. The highest BCUT2D eigenvalue weighted by atomic mass is 32.2. The number of nitrogens with one attached hydrogen (secondary N) is 1. The average molecular weight is 299 g/mol. The van der Waals surface area contributed by atoms with Crippen LogP contribution in [0.1, 0.15) is 17.2 Å². The van der Waals surface area contributed by atoms with Gasteiger partial charge in [0.05, 0.1) is 5.03 Å². The Bertz CT molecular complexity index is 667. The molecule has 3 rings (SSSR count). The zero-order valence-electron chi connectivity index (χ0n) is 11.3. The molecule has 106 valence electrons. The van der Waals surface area contributed by atoms with E-state index in [1.54, 1.807) is 30.0 Å². The topological polar surface area (TPSA) is 29.1 Å². The van der Waals surface area contributed by atoms with E-state index in [-0.39, 0.29) is 16.9 Å². The van der Waals surface area contributed by atoms with Gasteiger partial charge in [-0.25, -0.2) is 4.39 Å². The number of rotatable bonds is 3. The van der Waals surface area contributed by atoms with Crippen molar-refractivity contribution in [1.82, 2.24) is 0 Å². The third-order valence-electron chi connectivity index (χ3n) is 3.23. The molecule has 0 saturated carbocycles. The normalized spacial score (nSPS) is 18.2. The Labute approximate surface area is 127 Å². The molecule has 0 amide bonds. The Kier molecular flexibility index (Phi) is 4.06. The minimum atomic E-state index is -0.274. The molecular weight excluding hydrogens is 285 g/mol. The van der Waals surface area contributed by atoms with Crippen LogP contribution in [0, 0.1) is 5.82 Å². The maximum Gasteiger partial charge on any atom is 0.159 e. The van der Waals surface area contributed by atoms with Crippen molar-refractivity contribution in [3.05, 3.63) is 77.1 Å². The zero-order chi connectivity index (χ0) is 14.7. The van der Waals surface area contributed by atoms with Gasteiger partial charge in [-0.15, -0.1) is 0 Å². The number of benzene rings is 2. The number of carbonyl (C=O) groups excluding carboxylic acids is 1. The first-order valence-electron chi connectivity index (χ1n) is 6.69. The zero-order valence-corrected chi connectivity index (χ0v) is 12.1. The Hall–Kier alpha value is -2.07. The highest BCUT2D eigenvalue weighted by molar-refractivity contribution is 8.03. The van der Waals surface area contributed by atoms with Gasteiger partial charge in [-0.05, 0) is 29.8 Å². The number of carbonyl (C=O) groups is 1. The van der Waals surface area contributed by atoms with Gasteiger partial charge in [0, 0.05) is 23.4 Å². The van der Waals surface area contributed by atoms with E-state index in [2.05, 4.69) is 5.32 Å². The van der Waals surface area contributed by atoms with Crippen LogP contribution in [0.2, 0.25) is 0 Å². The van der Waals surface area contributed by atoms with E-state index in [1.165, 1.54) is 12.1 Å². The quantitative estimate of drug-likeness (QED) is 0.903. The minimum Gasteiger partial charge on any atom is -0.350 e. The molecule has 2 aromatic carbocycles. The van der Waals surface area contributed by atoms with Gasteiger partial charge in [0.25, 0.3) is 0 Å². The number of hydrogen-bond donors (Lipinski definition) is 1. The van der Waals surface area contributed by atoms with Gasteiger partial charge in [-0.3, -0.25) is 4.79 Å². The summed E-state index contributed by atoms with van der Waals surface area (Å²) in [7, 11) is 0. The van der Waals surface area contributed by atoms with Crippen LogP contribution in [0.4, 0.5) is 10.1 Å². The van der Waals surface area contributed by atoms with E-state index in [0.717, 1.165) is 16.3 Å². The largest absolute Gasteiger partial charge is 0.350 e. The van der Waals surface area contributed by atoms with Crippen LogP contribution in [-0.2, 0) is 4.79 Å². The lowest BCUT2D eigenvalue weighted by molar-refractivity contribution is -0.114. The molecular formula is C17H14FNOS. The predicted molar refractivity (Wildman–Crippen MR) is 84.5 cm³/mol. The van der Waals surface area contributed by atoms with Crippen molar-refractivity contribution < 1.29 is 9.18 Å². The molecule has 0 spiro atoms. The maximum absolute atomic E-state index is 12.9. The second-order valence-electron chi connectivity index (χ2n) is 4.83. The van der Waals surface area contributed by atoms with E-state index in [4.69, 9.17) is 0 Å². The van der Waals surface area contributed by atoms with Crippen LogP contribution in [-0.4, -0.2) is 5.78 Å². The van der Waals surface area contributed by atoms with Gasteiger partial charge in [-0.2, -0.15) is 0 Å². The molecule has 2 aromatic rings. The molecule has 1 aliphatic heterocycles. The molecule has 0 bridgehead atoms. The van der Waals surface area contributed by atoms with Crippen molar-refractivity contribution in [2.45, 2.75) is 11.7 Å². The molecule has 1 atom stereocenters.